The molecule has 0 aliphatic carbocycles. The van der Waals surface area contributed by atoms with Crippen molar-refractivity contribution in [1.29, 1.82) is 0 Å². The van der Waals surface area contributed by atoms with Crippen molar-refractivity contribution >= 4 is 38.7 Å². The highest BCUT2D eigenvalue weighted by molar-refractivity contribution is 9.10. The highest BCUT2D eigenvalue weighted by atomic mass is 79.9. The zero-order chi connectivity index (χ0) is 17.1. The molecule has 1 saturated heterocycles. The molecule has 0 saturated carbocycles. The van der Waals surface area contributed by atoms with Gasteiger partial charge in [-0.15, -0.1) is 0 Å². The number of ether oxygens (including phenoxy) is 2. The zero-order valence-corrected chi connectivity index (χ0v) is 14.3. The molecular weight excluding hydrogens is 380 g/mol. The number of aliphatic carboxylic acids is 1. The van der Waals surface area contributed by atoms with E-state index in [9.17, 15) is 14.7 Å². The number of carboxylic acids is 1. The maximum atomic E-state index is 12.2. The molecule has 0 radical (unpaired) electrons. The lowest BCUT2D eigenvalue weighted by Gasteiger charge is -2.24. The number of hydrogen-bond donors (Lipinski definition) is 3. The van der Waals surface area contributed by atoms with E-state index in [0.29, 0.717) is 13.2 Å². The number of halogens is 1. The number of amides is 1. The zero-order valence-electron chi connectivity index (χ0n) is 12.8. The Balaban J connectivity index is 1.74. The van der Waals surface area contributed by atoms with E-state index in [1.165, 1.54) is 0 Å². The minimum absolute atomic E-state index is 0.137. The largest absolute Gasteiger partial charge is 0.480 e. The summed E-state index contributed by atoms with van der Waals surface area (Å²) in [5.74, 6) is -1.56. The average molecular weight is 397 g/mol. The van der Waals surface area contributed by atoms with Crippen LogP contribution in [0.4, 0.5) is 0 Å². The molecule has 2 atom stereocenters. The van der Waals surface area contributed by atoms with Crippen LogP contribution in [0.2, 0.25) is 0 Å². The summed E-state index contributed by atoms with van der Waals surface area (Å²) >= 11 is 3.41. The molecule has 1 aromatic carbocycles. The molecular formula is C16H17BrN2O5. The van der Waals surface area contributed by atoms with Crippen molar-refractivity contribution in [2.45, 2.75) is 18.6 Å². The Morgan fingerprint density at radius 2 is 2.25 bits per heavy atom. The van der Waals surface area contributed by atoms with E-state index >= 15 is 0 Å². The monoisotopic (exact) mass is 396 g/mol. The number of aromatic amines is 1. The molecule has 1 aliphatic rings. The molecule has 0 spiro atoms. The fourth-order valence-corrected chi connectivity index (χ4v) is 3.00. The van der Waals surface area contributed by atoms with Crippen LogP contribution < -0.4 is 5.32 Å². The first-order valence-corrected chi connectivity index (χ1v) is 8.32. The van der Waals surface area contributed by atoms with Gasteiger partial charge in [-0.25, -0.2) is 4.79 Å². The van der Waals surface area contributed by atoms with Gasteiger partial charge in [-0.2, -0.15) is 0 Å². The molecule has 2 unspecified atom stereocenters. The predicted octanol–water partition coefficient (Wildman–Crippen LogP) is 1.46. The third-order valence-corrected chi connectivity index (χ3v) is 4.37. The first kappa shape index (κ1) is 16.9. The van der Waals surface area contributed by atoms with Crippen molar-refractivity contribution in [1.82, 2.24) is 10.3 Å². The van der Waals surface area contributed by atoms with Crippen LogP contribution >= 0.6 is 15.9 Å². The lowest BCUT2D eigenvalue weighted by atomic mass is 10.0. The van der Waals surface area contributed by atoms with Crippen molar-refractivity contribution in [3.63, 3.8) is 0 Å². The van der Waals surface area contributed by atoms with E-state index < -0.39 is 24.0 Å². The van der Waals surface area contributed by atoms with Gasteiger partial charge in [0.25, 0.3) is 5.91 Å². The summed E-state index contributed by atoms with van der Waals surface area (Å²) in [4.78, 5) is 26.8. The van der Waals surface area contributed by atoms with Crippen LogP contribution in [0.15, 0.2) is 28.9 Å². The topological polar surface area (TPSA) is 101 Å². The van der Waals surface area contributed by atoms with Crippen LogP contribution in [0.5, 0.6) is 0 Å². The Labute approximate surface area is 146 Å². The van der Waals surface area contributed by atoms with Crippen molar-refractivity contribution in [2.24, 2.45) is 0 Å². The number of carboxylic acid groups (broad SMARTS) is 1. The lowest BCUT2D eigenvalue weighted by molar-refractivity contribution is -0.152. The molecule has 1 aliphatic heterocycles. The quantitative estimate of drug-likeness (QED) is 0.709. The van der Waals surface area contributed by atoms with Crippen molar-refractivity contribution in [3.05, 3.63) is 34.4 Å². The standard InChI is InChI=1S/C16H17BrN2O5/c17-10-1-2-12-11(6-10)9(7-18-12)5-13(16(21)22)19-15(20)14-8-23-3-4-24-14/h1-2,6-7,13-14,18H,3-5,8H2,(H,19,20)(H,21,22). The lowest BCUT2D eigenvalue weighted by Crippen LogP contribution is -2.50. The summed E-state index contributed by atoms with van der Waals surface area (Å²) in [6, 6.07) is 4.69. The van der Waals surface area contributed by atoms with Crippen LogP contribution in [-0.2, 0) is 25.5 Å². The van der Waals surface area contributed by atoms with Gasteiger partial charge < -0.3 is 24.9 Å². The van der Waals surface area contributed by atoms with Gasteiger partial charge >= 0.3 is 5.97 Å². The van der Waals surface area contributed by atoms with Crippen LogP contribution in [0, 0.1) is 0 Å². The molecule has 2 heterocycles. The van der Waals surface area contributed by atoms with Gasteiger partial charge in [0.1, 0.15) is 6.04 Å². The Morgan fingerprint density at radius 3 is 2.96 bits per heavy atom. The Bertz CT molecular complexity index is 754. The van der Waals surface area contributed by atoms with Crippen LogP contribution in [0.3, 0.4) is 0 Å². The van der Waals surface area contributed by atoms with Crippen LogP contribution in [0.25, 0.3) is 10.9 Å². The van der Waals surface area contributed by atoms with E-state index in [1.54, 1.807) is 6.20 Å². The average Bonchev–Trinajstić information content (AvgIpc) is 2.97. The minimum Gasteiger partial charge on any atom is -0.480 e. The van der Waals surface area contributed by atoms with Gasteiger partial charge in [-0.3, -0.25) is 4.79 Å². The minimum atomic E-state index is -1.09. The highest BCUT2D eigenvalue weighted by Gasteiger charge is 2.28. The van der Waals surface area contributed by atoms with Gasteiger partial charge in [0.2, 0.25) is 0 Å². The summed E-state index contributed by atoms with van der Waals surface area (Å²) in [7, 11) is 0. The first-order chi connectivity index (χ1) is 11.5. The fraction of sp³-hybridized carbons (Fsp3) is 0.375. The maximum Gasteiger partial charge on any atom is 0.326 e. The summed E-state index contributed by atoms with van der Waals surface area (Å²) in [6.45, 7) is 0.904. The molecule has 7 nitrogen and oxygen atoms in total. The summed E-state index contributed by atoms with van der Waals surface area (Å²) in [6.07, 6.45) is 1.17. The van der Waals surface area contributed by atoms with Crippen molar-refractivity contribution in [2.75, 3.05) is 19.8 Å². The molecule has 0 bridgehead atoms. The number of hydrogen-bond acceptors (Lipinski definition) is 4. The highest BCUT2D eigenvalue weighted by Crippen LogP contribution is 2.23. The number of nitrogens with one attached hydrogen (secondary N) is 2. The second kappa shape index (κ2) is 7.33. The van der Waals surface area contributed by atoms with Crippen molar-refractivity contribution in [3.8, 4) is 0 Å². The Morgan fingerprint density at radius 1 is 1.42 bits per heavy atom. The second-order valence-corrected chi connectivity index (χ2v) is 6.46. The molecule has 2 aromatic rings. The molecule has 3 N–H and O–H groups in total. The van der Waals surface area contributed by atoms with E-state index in [0.717, 1.165) is 20.9 Å². The molecule has 3 rings (SSSR count). The number of H-pyrrole nitrogens is 1. The fourth-order valence-electron chi connectivity index (χ4n) is 2.64. The Hall–Kier alpha value is -1.90. The van der Waals surface area contributed by atoms with Gasteiger partial charge in [0.05, 0.1) is 19.8 Å². The maximum absolute atomic E-state index is 12.2. The molecule has 8 heteroatoms. The summed E-state index contributed by atoms with van der Waals surface area (Å²) < 4.78 is 11.4. The number of fused-ring (bicyclic) bond motifs is 1. The SMILES string of the molecule is O=C(O)C(Cc1c[nH]c2ccc(Br)cc12)NC(=O)C1COCCO1. The van der Waals surface area contributed by atoms with E-state index in [-0.39, 0.29) is 13.0 Å². The molecule has 1 aromatic heterocycles. The van der Waals surface area contributed by atoms with Crippen LogP contribution in [-0.4, -0.2) is 53.9 Å². The van der Waals surface area contributed by atoms with Gasteiger partial charge in [0, 0.05) is 28.0 Å². The van der Waals surface area contributed by atoms with E-state index in [2.05, 4.69) is 26.2 Å². The normalized spacial score (nSPS) is 19.1. The number of aromatic nitrogens is 1. The number of rotatable bonds is 5. The molecule has 128 valence electrons. The molecule has 1 fully saturated rings. The first-order valence-electron chi connectivity index (χ1n) is 7.52. The number of carbonyl (C=O) groups excluding carboxylic acids is 1. The third-order valence-electron chi connectivity index (χ3n) is 3.88. The second-order valence-electron chi connectivity index (χ2n) is 5.54. The van der Waals surface area contributed by atoms with Gasteiger partial charge in [0.15, 0.2) is 6.10 Å². The van der Waals surface area contributed by atoms with Gasteiger partial charge in [-0.05, 0) is 23.8 Å². The van der Waals surface area contributed by atoms with E-state index in [1.807, 2.05) is 18.2 Å². The number of carbonyl (C=O) groups is 2. The smallest absolute Gasteiger partial charge is 0.326 e. The van der Waals surface area contributed by atoms with E-state index in [4.69, 9.17) is 9.47 Å². The third kappa shape index (κ3) is 3.77. The van der Waals surface area contributed by atoms with Crippen molar-refractivity contribution < 1.29 is 24.2 Å². The van der Waals surface area contributed by atoms with Crippen LogP contribution in [0.1, 0.15) is 5.56 Å². The molecule has 24 heavy (non-hydrogen) atoms. The Kier molecular flexibility index (Phi) is 5.17. The predicted molar refractivity (Wildman–Crippen MR) is 89.8 cm³/mol. The summed E-state index contributed by atoms with van der Waals surface area (Å²) in [5, 5.41) is 12.9. The number of benzene rings is 1. The summed E-state index contributed by atoms with van der Waals surface area (Å²) in [5.41, 5.74) is 1.73. The van der Waals surface area contributed by atoms with Gasteiger partial charge in [-0.1, -0.05) is 15.9 Å². The molecule has 1 amide bonds.